The van der Waals surface area contributed by atoms with E-state index >= 15 is 0 Å². The summed E-state index contributed by atoms with van der Waals surface area (Å²) in [6, 6.07) is 7.27. The zero-order chi connectivity index (χ0) is 11.3. The first-order valence-electron chi connectivity index (χ1n) is 4.59. The number of carbonyl (C=O) groups is 1. The first-order valence-corrected chi connectivity index (χ1v) is 4.59. The Bertz CT molecular complexity index is 343. The fourth-order valence-corrected chi connectivity index (χ4v) is 1.10. The van der Waals surface area contributed by atoms with Gasteiger partial charge in [-0.3, -0.25) is 0 Å². The van der Waals surface area contributed by atoms with Crippen LogP contribution in [0.3, 0.4) is 0 Å². The topological polar surface area (TPSA) is 44.4 Å². The molecule has 0 aliphatic rings. The van der Waals surface area contributed by atoms with Crippen molar-refractivity contribution in [2.45, 2.75) is 0 Å². The molecule has 15 heavy (non-hydrogen) atoms. The van der Waals surface area contributed by atoms with Crippen LogP contribution in [0.5, 0.6) is 0 Å². The molecule has 0 aliphatic carbocycles. The van der Waals surface area contributed by atoms with E-state index in [1.807, 2.05) is 43.3 Å². The number of hydrogen-bond acceptors (Lipinski definition) is 2. The highest BCUT2D eigenvalue weighted by Crippen LogP contribution is 2.15. The summed E-state index contributed by atoms with van der Waals surface area (Å²) in [7, 11) is 3.93. The number of benzene rings is 1. The third-order valence-electron chi connectivity index (χ3n) is 1.87. The average Bonchev–Trinajstić information content (AvgIpc) is 2.18. The Hall–Kier alpha value is -1.97. The zero-order valence-corrected chi connectivity index (χ0v) is 8.95. The molecule has 4 nitrogen and oxygen atoms in total. The summed E-state index contributed by atoms with van der Waals surface area (Å²) in [6.45, 7) is 3.40. The number of nitrogens with zero attached hydrogens (tertiary/aromatic N) is 1. The van der Waals surface area contributed by atoms with Crippen LogP contribution in [-0.4, -0.2) is 20.1 Å². The zero-order valence-electron chi connectivity index (χ0n) is 8.95. The monoisotopic (exact) mass is 205 g/mol. The van der Waals surface area contributed by atoms with Crippen LogP contribution < -0.4 is 15.5 Å². The number of anilines is 2. The van der Waals surface area contributed by atoms with Gasteiger partial charge in [0.2, 0.25) is 0 Å². The lowest BCUT2D eigenvalue weighted by atomic mass is 10.2. The van der Waals surface area contributed by atoms with E-state index in [9.17, 15) is 4.79 Å². The van der Waals surface area contributed by atoms with Gasteiger partial charge in [0.15, 0.2) is 0 Å². The van der Waals surface area contributed by atoms with Crippen LogP contribution in [0.15, 0.2) is 37.0 Å². The number of urea groups is 1. The third-order valence-corrected chi connectivity index (χ3v) is 1.87. The van der Waals surface area contributed by atoms with Gasteiger partial charge in [-0.2, -0.15) is 0 Å². The van der Waals surface area contributed by atoms with Gasteiger partial charge in [0.25, 0.3) is 0 Å². The first kappa shape index (κ1) is 11.1. The lowest BCUT2D eigenvalue weighted by Crippen LogP contribution is -2.23. The number of nitrogens with one attached hydrogen (secondary N) is 2. The molecule has 0 atom stereocenters. The van der Waals surface area contributed by atoms with E-state index in [-0.39, 0.29) is 6.03 Å². The second-order valence-electron chi connectivity index (χ2n) is 3.24. The van der Waals surface area contributed by atoms with Crippen LogP contribution in [0.4, 0.5) is 16.2 Å². The molecule has 0 radical (unpaired) electrons. The molecule has 0 unspecified atom stereocenters. The first-order chi connectivity index (χ1) is 7.13. The minimum atomic E-state index is -0.289. The second kappa shape index (κ2) is 5.05. The molecule has 0 aromatic heterocycles. The van der Waals surface area contributed by atoms with Gasteiger partial charge >= 0.3 is 6.03 Å². The highest BCUT2D eigenvalue weighted by atomic mass is 16.2. The predicted octanol–water partition coefficient (Wildman–Crippen LogP) is 2.02. The van der Waals surface area contributed by atoms with Gasteiger partial charge in [-0.05, 0) is 30.5 Å². The summed E-state index contributed by atoms with van der Waals surface area (Å²) < 4.78 is 0. The van der Waals surface area contributed by atoms with Crippen LogP contribution in [0.2, 0.25) is 0 Å². The van der Waals surface area contributed by atoms with Crippen molar-refractivity contribution < 1.29 is 4.79 Å². The van der Waals surface area contributed by atoms with E-state index in [1.165, 1.54) is 6.20 Å². The van der Waals surface area contributed by atoms with Crippen molar-refractivity contribution in [1.82, 2.24) is 5.32 Å². The highest BCUT2D eigenvalue weighted by Gasteiger charge is 1.99. The second-order valence-corrected chi connectivity index (χ2v) is 3.24. The maximum Gasteiger partial charge on any atom is 0.323 e. The SMILES string of the molecule is C=CNC(=O)Nc1ccc(N(C)C)cc1. The van der Waals surface area contributed by atoms with Crippen molar-refractivity contribution in [2.75, 3.05) is 24.3 Å². The molecule has 1 aromatic rings. The van der Waals surface area contributed by atoms with Crippen LogP contribution >= 0.6 is 0 Å². The standard InChI is InChI=1S/C11H15N3O/c1-4-12-11(15)13-9-5-7-10(8-6-9)14(2)3/h4-8H,1H2,2-3H3,(H2,12,13,15). The summed E-state index contributed by atoms with van der Waals surface area (Å²) >= 11 is 0. The van der Waals surface area contributed by atoms with E-state index in [1.54, 1.807) is 0 Å². The predicted molar refractivity (Wildman–Crippen MR) is 63.1 cm³/mol. The lowest BCUT2D eigenvalue weighted by molar-refractivity contribution is 0.255. The van der Waals surface area contributed by atoms with Crippen molar-refractivity contribution in [3.05, 3.63) is 37.0 Å². The molecule has 80 valence electrons. The molecule has 0 fully saturated rings. The molecule has 2 N–H and O–H groups in total. The maximum absolute atomic E-state index is 11.1. The molecule has 2 amide bonds. The quantitative estimate of drug-likeness (QED) is 0.792. The summed E-state index contributed by atoms with van der Waals surface area (Å²) in [4.78, 5) is 13.1. The number of carbonyl (C=O) groups excluding carboxylic acids is 1. The Morgan fingerprint density at radius 2 is 1.93 bits per heavy atom. The van der Waals surface area contributed by atoms with E-state index in [2.05, 4.69) is 17.2 Å². The molecular weight excluding hydrogens is 190 g/mol. The van der Waals surface area contributed by atoms with E-state index in [0.717, 1.165) is 11.4 Å². The van der Waals surface area contributed by atoms with Crippen molar-refractivity contribution >= 4 is 17.4 Å². The molecular formula is C11H15N3O. The van der Waals surface area contributed by atoms with E-state index in [0.29, 0.717) is 0 Å². The summed E-state index contributed by atoms with van der Waals surface area (Å²) in [5.74, 6) is 0. The summed E-state index contributed by atoms with van der Waals surface area (Å²) in [5, 5.41) is 5.10. The largest absolute Gasteiger partial charge is 0.378 e. The lowest BCUT2D eigenvalue weighted by Gasteiger charge is -2.12. The van der Waals surface area contributed by atoms with Crippen LogP contribution in [0, 0.1) is 0 Å². The van der Waals surface area contributed by atoms with Gasteiger partial charge in [-0.1, -0.05) is 6.58 Å². The van der Waals surface area contributed by atoms with Gasteiger partial charge in [0, 0.05) is 25.5 Å². The van der Waals surface area contributed by atoms with Gasteiger partial charge in [0.1, 0.15) is 0 Å². The Labute approximate surface area is 89.6 Å². The van der Waals surface area contributed by atoms with Crippen molar-refractivity contribution in [2.24, 2.45) is 0 Å². The van der Waals surface area contributed by atoms with Crippen molar-refractivity contribution in [3.8, 4) is 0 Å². The van der Waals surface area contributed by atoms with E-state index < -0.39 is 0 Å². The van der Waals surface area contributed by atoms with Crippen LogP contribution in [0.1, 0.15) is 0 Å². The molecule has 0 heterocycles. The third kappa shape index (κ3) is 3.34. The average molecular weight is 205 g/mol. The van der Waals surface area contributed by atoms with Crippen molar-refractivity contribution in [3.63, 3.8) is 0 Å². The normalized spacial score (nSPS) is 9.20. The minimum Gasteiger partial charge on any atom is -0.378 e. The molecule has 0 saturated carbocycles. The Balaban J connectivity index is 2.64. The molecule has 0 aliphatic heterocycles. The van der Waals surface area contributed by atoms with E-state index in [4.69, 9.17) is 0 Å². The fourth-order valence-electron chi connectivity index (χ4n) is 1.10. The summed E-state index contributed by atoms with van der Waals surface area (Å²) in [5.41, 5.74) is 1.84. The van der Waals surface area contributed by atoms with Gasteiger partial charge in [0.05, 0.1) is 0 Å². The molecule has 1 rings (SSSR count). The molecule has 1 aromatic carbocycles. The Kier molecular flexibility index (Phi) is 3.74. The smallest absolute Gasteiger partial charge is 0.323 e. The Morgan fingerprint density at radius 1 is 1.33 bits per heavy atom. The molecule has 4 heteroatoms. The number of rotatable bonds is 3. The number of amides is 2. The van der Waals surface area contributed by atoms with Gasteiger partial charge < -0.3 is 15.5 Å². The Morgan fingerprint density at radius 3 is 2.40 bits per heavy atom. The van der Waals surface area contributed by atoms with Crippen molar-refractivity contribution in [1.29, 1.82) is 0 Å². The minimum absolute atomic E-state index is 0.289. The molecule has 0 bridgehead atoms. The van der Waals surface area contributed by atoms with Gasteiger partial charge in [-0.25, -0.2) is 4.79 Å². The fraction of sp³-hybridized carbons (Fsp3) is 0.182. The molecule has 0 spiro atoms. The summed E-state index contributed by atoms with van der Waals surface area (Å²) in [6.07, 6.45) is 1.34. The highest BCUT2D eigenvalue weighted by molar-refractivity contribution is 5.89. The van der Waals surface area contributed by atoms with Crippen LogP contribution in [-0.2, 0) is 0 Å². The maximum atomic E-state index is 11.1. The molecule has 0 saturated heterocycles. The van der Waals surface area contributed by atoms with Crippen LogP contribution in [0.25, 0.3) is 0 Å². The van der Waals surface area contributed by atoms with Gasteiger partial charge in [-0.15, -0.1) is 0 Å². The number of hydrogen-bond donors (Lipinski definition) is 2.